The molecule has 0 spiro atoms. The van der Waals surface area contributed by atoms with Crippen LogP contribution in [0, 0.1) is 0 Å². The van der Waals surface area contributed by atoms with Crippen LogP contribution in [-0.2, 0) is 4.79 Å². The van der Waals surface area contributed by atoms with Crippen LogP contribution >= 0.6 is 0 Å². The second kappa shape index (κ2) is 5.36. The molecule has 1 aromatic rings. The fraction of sp³-hybridized carbons (Fsp3) is 0.462. The molecule has 0 unspecified atom stereocenters. The van der Waals surface area contributed by atoms with Gasteiger partial charge in [-0.3, -0.25) is 14.6 Å². The second-order valence-corrected chi connectivity index (χ2v) is 5.02. The summed E-state index contributed by atoms with van der Waals surface area (Å²) in [6.45, 7) is 0. The van der Waals surface area contributed by atoms with Crippen molar-refractivity contribution in [1.29, 1.82) is 0 Å². The molecule has 0 radical (unpaired) electrons. The number of carbonyl (C=O) groups excluding carboxylic acids is 1. The van der Waals surface area contributed by atoms with E-state index in [1.165, 1.54) is 0 Å². The Bertz CT molecular complexity index is 587. The Morgan fingerprint density at radius 2 is 1.85 bits per heavy atom. The number of nitrogens with one attached hydrogen (secondary N) is 2. The van der Waals surface area contributed by atoms with Gasteiger partial charge in [-0.25, -0.2) is 4.79 Å². The van der Waals surface area contributed by atoms with E-state index >= 15 is 0 Å². The first kappa shape index (κ1) is 14.1. The van der Waals surface area contributed by atoms with Gasteiger partial charge in [-0.1, -0.05) is 19.3 Å². The van der Waals surface area contributed by atoms with Crippen molar-refractivity contribution in [2.24, 2.45) is 0 Å². The number of H-pyrrole nitrogens is 1. The number of carboxylic acid groups (broad SMARTS) is 1. The molecule has 4 N–H and O–H groups in total. The molecular weight excluding hydrogens is 264 g/mol. The molecule has 0 bridgehead atoms. The minimum atomic E-state index is -1.28. The topological polar surface area (TPSA) is 119 Å². The fourth-order valence-corrected chi connectivity index (χ4v) is 2.50. The van der Waals surface area contributed by atoms with E-state index in [1.807, 2.05) is 0 Å². The molecule has 20 heavy (non-hydrogen) atoms. The van der Waals surface area contributed by atoms with E-state index in [4.69, 9.17) is 0 Å². The minimum Gasteiger partial charge on any atom is -0.494 e. The Morgan fingerprint density at radius 3 is 2.40 bits per heavy atom. The Hall–Kier alpha value is -2.31. The molecule has 2 rings (SSSR count). The van der Waals surface area contributed by atoms with Crippen LogP contribution in [-0.4, -0.2) is 32.6 Å². The zero-order valence-corrected chi connectivity index (χ0v) is 10.8. The molecule has 1 aromatic heterocycles. The number of amides is 1. The number of carbonyl (C=O) groups is 2. The first-order valence-corrected chi connectivity index (χ1v) is 6.42. The van der Waals surface area contributed by atoms with Crippen LogP contribution in [0.5, 0.6) is 5.88 Å². The smallest absolute Gasteiger partial charge is 0.329 e. The molecule has 1 saturated carbocycles. The van der Waals surface area contributed by atoms with Gasteiger partial charge in [-0.05, 0) is 12.8 Å². The lowest BCUT2D eigenvalue weighted by Crippen LogP contribution is -2.55. The highest BCUT2D eigenvalue weighted by molar-refractivity contribution is 5.98. The lowest BCUT2D eigenvalue weighted by atomic mass is 9.81. The molecule has 1 heterocycles. The second-order valence-electron chi connectivity index (χ2n) is 5.02. The van der Waals surface area contributed by atoms with Crippen molar-refractivity contribution in [2.45, 2.75) is 37.6 Å². The van der Waals surface area contributed by atoms with Crippen molar-refractivity contribution in [3.8, 4) is 5.88 Å². The summed E-state index contributed by atoms with van der Waals surface area (Å²) < 4.78 is 0. The number of aromatic amines is 1. The van der Waals surface area contributed by atoms with E-state index < -0.39 is 28.9 Å². The zero-order valence-electron chi connectivity index (χ0n) is 10.8. The number of aliphatic carboxylic acids is 1. The van der Waals surface area contributed by atoms with Crippen LogP contribution < -0.4 is 10.9 Å². The number of aromatic nitrogens is 1. The van der Waals surface area contributed by atoms with Gasteiger partial charge in [0, 0.05) is 12.1 Å². The highest BCUT2D eigenvalue weighted by atomic mass is 16.4. The zero-order chi connectivity index (χ0) is 14.8. The van der Waals surface area contributed by atoms with Crippen LogP contribution in [0.3, 0.4) is 0 Å². The standard InChI is InChI=1S/C13H16N2O5/c16-9-6-8(7-10(17)14-9)11(18)15-13(12(19)20)4-2-1-3-5-13/h6-7H,1-5H2,(H,15,18)(H,19,20)(H2,14,16,17). The third kappa shape index (κ3) is 2.81. The predicted molar refractivity (Wildman–Crippen MR) is 69.6 cm³/mol. The number of hydrogen-bond donors (Lipinski definition) is 4. The maximum Gasteiger partial charge on any atom is 0.329 e. The van der Waals surface area contributed by atoms with Crippen molar-refractivity contribution in [2.75, 3.05) is 0 Å². The highest BCUT2D eigenvalue weighted by Crippen LogP contribution is 2.28. The number of hydrogen-bond acceptors (Lipinski definition) is 4. The van der Waals surface area contributed by atoms with E-state index in [9.17, 15) is 24.6 Å². The molecule has 0 aliphatic heterocycles. The average Bonchev–Trinajstić information content (AvgIpc) is 2.38. The molecule has 1 fully saturated rings. The minimum absolute atomic E-state index is 0.0579. The SMILES string of the molecule is O=C(NC1(C(=O)O)CCCCC1)c1cc(O)[nH]c(=O)c1. The highest BCUT2D eigenvalue weighted by Gasteiger charge is 2.41. The summed E-state index contributed by atoms with van der Waals surface area (Å²) in [7, 11) is 0. The monoisotopic (exact) mass is 280 g/mol. The summed E-state index contributed by atoms with van der Waals surface area (Å²) in [6, 6.07) is 2.11. The number of carboxylic acids is 1. The van der Waals surface area contributed by atoms with Gasteiger partial charge < -0.3 is 15.5 Å². The van der Waals surface area contributed by atoms with E-state index in [1.54, 1.807) is 0 Å². The summed E-state index contributed by atoms with van der Waals surface area (Å²) in [6.07, 6.45) is 3.13. The third-order valence-electron chi connectivity index (χ3n) is 3.56. The van der Waals surface area contributed by atoms with E-state index in [-0.39, 0.29) is 5.56 Å². The molecule has 0 aromatic carbocycles. The molecular formula is C13H16N2O5. The van der Waals surface area contributed by atoms with Gasteiger partial charge in [0.25, 0.3) is 11.5 Å². The van der Waals surface area contributed by atoms with Crippen LogP contribution in [0.25, 0.3) is 0 Å². The summed E-state index contributed by atoms with van der Waals surface area (Å²) in [5.74, 6) is -2.18. The van der Waals surface area contributed by atoms with Gasteiger partial charge in [0.05, 0.1) is 5.56 Å². The van der Waals surface area contributed by atoms with Gasteiger partial charge in [0.1, 0.15) is 5.54 Å². The van der Waals surface area contributed by atoms with Gasteiger partial charge in [0.15, 0.2) is 5.88 Å². The van der Waals surface area contributed by atoms with Crippen molar-refractivity contribution >= 4 is 11.9 Å². The third-order valence-corrected chi connectivity index (χ3v) is 3.56. The Balaban J connectivity index is 2.24. The van der Waals surface area contributed by atoms with Crippen LogP contribution in [0.4, 0.5) is 0 Å². The molecule has 0 saturated heterocycles. The van der Waals surface area contributed by atoms with E-state index in [0.29, 0.717) is 12.8 Å². The molecule has 0 atom stereocenters. The van der Waals surface area contributed by atoms with Crippen molar-refractivity contribution in [3.63, 3.8) is 0 Å². The predicted octanol–water partition coefficient (Wildman–Crippen LogP) is 0.598. The molecule has 7 heteroatoms. The van der Waals surface area contributed by atoms with Crippen LogP contribution in [0.1, 0.15) is 42.5 Å². The van der Waals surface area contributed by atoms with E-state index in [0.717, 1.165) is 31.4 Å². The van der Waals surface area contributed by atoms with Crippen molar-refractivity contribution in [3.05, 3.63) is 28.0 Å². The summed E-state index contributed by atoms with van der Waals surface area (Å²) in [5, 5.41) is 21.1. The molecule has 1 aliphatic carbocycles. The maximum atomic E-state index is 12.1. The average molecular weight is 280 g/mol. The molecule has 7 nitrogen and oxygen atoms in total. The van der Waals surface area contributed by atoms with Crippen LogP contribution in [0.2, 0.25) is 0 Å². The Morgan fingerprint density at radius 1 is 1.20 bits per heavy atom. The molecule has 1 amide bonds. The maximum absolute atomic E-state index is 12.1. The van der Waals surface area contributed by atoms with E-state index in [2.05, 4.69) is 10.3 Å². The van der Waals surface area contributed by atoms with Crippen molar-refractivity contribution in [1.82, 2.24) is 10.3 Å². The van der Waals surface area contributed by atoms with Gasteiger partial charge in [-0.15, -0.1) is 0 Å². The lowest BCUT2D eigenvalue weighted by molar-refractivity contribution is -0.145. The summed E-state index contributed by atoms with van der Waals surface area (Å²) >= 11 is 0. The first-order valence-electron chi connectivity index (χ1n) is 6.42. The first-order chi connectivity index (χ1) is 9.43. The largest absolute Gasteiger partial charge is 0.494 e. The molecule has 108 valence electrons. The molecule has 1 aliphatic rings. The van der Waals surface area contributed by atoms with Gasteiger partial charge >= 0.3 is 5.97 Å². The number of rotatable bonds is 3. The summed E-state index contributed by atoms with van der Waals surface area (Å²) in [5.41, 5.74) is -1.96. The normalized spacial score (nSPS) is 17.4. The van der Waals surface area contributed by atoms with Gasteiger partial charge in [-0.2, -0.15) is 0 Å². The van der Waals surface area contributed by atoms with Gasteiger partial charge in [0.2, 0.25) is 0 Å². The Labute approximate surface area is 114 Å². The summed E-state index contributed by atoms with van der Waals surface area (Å²) in [4.78, 5) is 36.8. The number of pyridine rings is 1. The van der Waals surface area contributed by atoms with Crippen LogP contribution in [0.15, 0.2) is 16.9 Å². The lowest BCUT2D eigenvalue weighted by Gasteiger charge is -2.33. The fourth-order valence-electron chi connectivity index (χ4n) is 2.50. The van der Waals surface area contributed by atoms with Crippen molar-refractivity contribution < 1.29 is 19.8 Å². The Kier molecular flexibility index (Phi) is 3.78. The quantitative estimate of drug-likeness (QED) is 0.646. The number of aromatic hydroxyl groups is 1.